The highest BCUT2D eigenvalue weighted by molar-refractivity contribution is 6.34. The van der Waals surface area contributed by atoms with Crippen LogP contribution in [0.2, 0.25) is 5.02 Å². The van der Waals surface area contributed by atoms with E-state index in [1.807, 2.05) is 0 Å². The Morgan fingerprint density at radius 2 is 1.76 bits per heavy atom. The maximum Gasteiger partial charge on any atom is 0.291 e. The maximum atomic E-state index is 14.6. The summed E-state index contributed by atoms with van der Waals surface area (Å²) in [5.41, 5.74) is 6.28. The molecule has 2 aliphatic rings. The first-order valence-corrected chi connectivity index (χ1v) is 13.9. The molecule has 2 aromatic carbocycles. The first kappa shape index (κ1) is 29.5. The lowest BCUT2D eigenvalue weighted by Gasteiger charge is -2.39. The van der Waals surface area contributed by atoms with Gasteiger partial charge in [0.1, 0.15) is 0 Å². The molecule has 0 unspecified atom stereocenters. The molecule has 10 nitrogen and oxygen atoms in total. The lowest BCUT2D eigenvalue weighted by molar-refractivity contribution is -0.130. The standard InChI is InChI=1S/C29H31ClF2N6O4/c1-38-22(20-5-6-23(42-2)25(32)24(20)31)13-34-26(38)29(41)35-16-3-4-19(21(30)11-16)28(40)37-18-9-17(10-18)36-27(39)15-7-14(8-15)12-33/h3-6,11,13-15,17-18H,7-10,12,33H2,1-2H3,(H,35,41)(H,36,39)(H,37,40)/t14?,15?,17-,18+. The van der Waals surface area contributed by atoms with E-state index in [1.165, 1.54) is 55.3 Å². The minimum atomic E-state index is -1.14. The minimum Gasteiger partial charge on any atom is -0.494 e. The third kappa shape index (κ3) is 5.82. The van der Waals surface area contributed by atoms with E-state index in [1.54, 1.807) is 0 Å². The molecule has 0 bridgehead atoms. The van der Waals surface area contributed by atoms with Crippen molar-refractivity contribution in [3.63, 3.8) is 0 Å². The van der Waals surface area contributed by atoms with Crippen molar-refractivity contribution in [2.45, 2.75) is 37.8 Å². The van der Waals surface area contributed by atoms with Crippen molar-refractivity contribution in [1.29, 1.82) is 0 Å². The highest BCUT2D eigenvalue weighted by atomic mass is 35.5. The highest BCUT2D eigenvalue weighted by Gasteiger charge is 2.37. The number of amides is 3. The number of hydrogen-bond acceptors (Lipinski definition) is 6. The zero-order valence-electron chi connectivity index (χ0n) is 23.0. The second-order valence-electron chi connectivity index (χ2n) is 10.7. The van der Waals surface area contributed by atoms with Crippen molar-refractivity contribution in [2.75, 3.05) is 19.0 Å². The summed E-state index contributed by atoms with van der Waals surface area (Å²) in [4.78, 5) is 42.1. The van der Waals surface area contributed by atoms with Gasteiger partial charge in [-0.3, -0.25) is 14.4 Å². The van der Waals surface area contributed by atoms with Gasteiger partial charge in [-0.2, -0.15) is 4.39 Å². The molecule has 1 aromatic heterocycles. The number of nitrogens with two attached hydrogens (primary N) is 1. The fraction of sp³-hybridized carbons (Fsp3) is 0.379. The molecule has 3 aromatic rings. The number of nitrogens with one attached hydrogen (secondary N) is 3. The lowest BCUT2D eigenvalue weighted by atomic mass is 9.74. The molecule has 5 N–H and O–H groups in total. The average molecular weight is 601 g/mol. The number of imidazole rings is 1. The summed E-state index contributed by atoms with van der Waals surface area (Å²) in [7, 11) is 2.73. The Morgan fingerprint density at radius 3 is 2.43 bits per heavy atom. The first-order valence-electron chi connectivity index (χ1n) is 13.6. The van der Waals surface area contributed by atoms with E-state index in [-0.39, 0.29) is 63.2 Å². The predicted molar refractivity (Wildman–Crippen MR) is 152 cm³/mol. The van der Waals surface area contributed by atoms with Gasteiger partial charge < -0.3 is 31.0 Å². The molecule has 0 saturated heterocycles. The summed E-state index contributed by atoms with van der Waals surface area (Å²) >= 11 is 6.36. The molecule has 1 heterocycles. The Labute approximate surface area is 246 Å². The van der Waals surface area contributed by atoms with Gasteiger partial charge in [-0.05, 0) is 68.5 Å². The van der Waals surface area contributed by atoms with Crippen LogP contribution in [0.5, 0.6) is 5.75 Å². The van der Waals surface area contributed by atoms with Crippen LogP contribution in [0, 0.1) is 23.5 Å². The van der Waals surface area contributed by atoms with Crippen LogP contribution in [0.25, 0.3) is 11.3 Å². The van der Waals surface area contributed by atoms with Gasteiger partial charge in [0, 0.05) is 36.3 Å². The molecule has 0 atom stereocenters. The van der Waals surface area contributed by atoms with Crippen LogP contribution in [-0.2, 0) is 11.8 Å². The number of methoxy groups -OCH3 is 1. The van der Waals surface area contributed by atoms with Gasteiger partial charge in [-0.25, -0.2) is 9.37 Å². The smallest absolute Gasteiger partial charge is 0.291 e. The second kappa shape index (κ2) is 12.1. The number of rotatable bonds is 9. The number of ether oxygens (including phenoxy) is 1. The molecule has 222 valence electrons. The van der Waals surface area contributed by atoms with Crippen LogP contribution in [0.3, 0.4) is 0 Å². The molecular formula is C29H31ClF2N6O4. The monoisotopic (exact) mass is 600 g/mol. The van der Waals surface area contributed by atoms with E-state index in [0.717, 1.165) is 12.8 Å². The highest BCUT2D eigenvalue weighted by Crippen LogP contribution is 2.34. The van der Waals surface area contributed by atoms with Crippen LogP contribution < -0.4 is 26.4 Å². The topological polar surface area (TPSA) is 140 Å². The summed E-state index contributed by atoms with van der Waals surface area (Å²) in [5.74, 6) is -3.02. The summed E-state index contributed by atoms with van der Waals surface area (Å²) in [6.07, 6.45) is 4.19. The molecule has 0 radical (unpaired) electrons. The molecule has 2 aliphatic carbocycles. The third-order valence-electron chi connectivity index (χ3n) is 7.97. The van der Waals surface area contributed by atoms with Gasteiger partial charge in [-0.15, -0.1) is 0 Å². The van der Waals surface area contributed by atoms with Crippen molar-refractivity contribution in [3.05, 3.63) is 64.6 Å². The summed E-state index contributed by atoms with van der Waals surface area (Å²) < 4.78 is 34.9. The Balaban J connectivity index is 1.15. The quantitative estimate of drug-likeness (QED) is 0.296. The van der Waals surface area contributed by atoms with E-state index in [0.29, 0.717) is 31.0 Å². The Bertz CT molecular complexity index is 1530. The number of nitrogens with zero attached hydrogens (tertiary/aromatic N) is 2. The molecule has 2 saturated carbocycles. The first-order chi connectivity index (χ1) is 20.1. The van der Waals surface area contributed by atoms with Gasteiger partial charge in [0.15, 0.2) is 17.4 Å². The van der Waals surface area contributed by atoms with E-state index >= 15 is 0 Å². The number of carbonyl (C=O) groups is 3. The Kier molecular flexibility index (Phi) is 8.46. The fourth-order valence-corrected chi connectivity index (χ4v) is 5.57. The minimum absolute atomic E-state index is 0.0275. The Hall–Kier alpha value is -4.03. The zero-order valence-corrected chi connectivity index (χ0v) is 23.8. The lowest BCUT2D eigenvalue weighted by Crippen LogP contribution is -2.55. The molecule has 0 aliphatic heterocycles. The summed E-state index contributed by atoms with van der Waals surface area (Å²) in [5, 5.41) is 8.74. The SMILES string of the molecule is COc1ccc(-c2cnc(C(=O)Nc3ccc(C(=O)N[C@H]4C[C@@H](NC(=O)C5CC(CN)C5)C4)c(Cl)c3)n2C)c(F)c1F. The largest absolute Gasteiger partial charge is 0.494 e. The van der Waals surface area contributed by atoms with Crippen LogP contribution >= 0.6 is 11.6 Å². The van der Waals surface area contributed by atoms with Crippen LogP contribution in [0.4, 0.5) is 14.5 Å². The number of aromatic nitrogens is 2. The summed E-state index contributed by atoms with van der Waals surface area (Å²) in [6.45, 7) is 0.610. The molecular weight excluding hydrogens is 570 g/mol. The number of hydrogen-bond donors (Lipinski definition) is 4. The van der Waals surface area contributed by atoms with Crippen molar-refractivity contribution in [1.82, 2.24) is 20.2 Å². The molecule has 13 heteroatoms. The molecule has 5 rings (SSSR count). The normalized spacial score (nSPS) is 21.1. The van der Waals surface area contributed by atoms with E-state index in [9.17, 15) is 23.2 Å². The van der Waals surface area contributed by atoms with E-state index in [2.05, 4.69) is 20.9 Å². The number of anilines is 1. The average Bonchev–Trinajstić information content (AvgIpc) is 3.29. The van der Waals surface area contributed by atoms with Gasteiger partial charge >= 0.3 is 0 Å². The third-order valence-corrected chi connectivity index (χ3v) is 8.28. The second-order valence-corrected chi connectivity index (χ2v) is 11.1. The van der Waals surface area contributed by atoms with Crippen molar-refractivity contribution in [2.24, 2.45) is 24.6 Å². The van der Waals surface area contributed by atoms with Crippen molar-refractivity contribution >= 4 is 35.0 Å². The predicted octanol–water partition coefficient (Wildman–Crippen LogP) is 3.64. The molecule has 3 amide bonds. The molecule has 42 heavy (non-hydrogen) atoms. The van der Waals surface area contributed by atoms with Crippen LogP contribution in [0.15, 0.2) is 36.5 Å². The fourth-order valence-electron chi connectivity index (χ4n) is 5.30. The molecule has 2 fully saturated rings. The number of carbonyl (C=O) groups excluding carboxylic acids is 3. The number of halogens is 3. The van der Waals surface area contributed by atoms with Gasteiger partial charge in [0.25, 0.3) is 11.8 Å². The van der Waals surface area contributed by atoms with Crippen molar-refractivity contribution < 1.29 is 27.9 Å². The van der Waals surface area contributed by atoms with Crippen molar-refractivity contribution in [3.8, 4) is 17.0 Å². The van der Waals surface area contributed by atoms with Crippen LogP contribution in [0.1, 0.15) is 46.7 Å². The van der Waals surface area contributed by atoms with Gasteiger partial charge in [0.05, 0.1) is 29.6 Å². The van der Waals surface area contributed by atoms with E-state index in [4.69, 9.17) is 22.1 Å². The Morgan fingerprint density at radius 1 is 1.05 bits per heavy atom. The zero-order chi connectivity index (χ0) is 30.1. The maximum absolute atomic E-state index is 14.6. The molecule has 0 spiro atoms. The van der Waals surface area contributed by atoms with Crippen LogP contribution in [-0.4, -0.2) is 53.0 Å². The summed E-state index contributed by atoms with van der Waals surface area (Å²) in [6, 6.07) is 7.03. The van der Waals surface area contributed by atoms with Gasteiger partial charge in [-0.1, -0.05) is 11.6 Å². The number of benzene rings is 2. The van der Waals surface area contributed by atoms with E-state index < -0.39 is 17.5 Å². The van der Waals surface area contributed by atoms with Gasteiger partial charge in [0.2, 0.25) is 11.7 Å².